The third-order valence-electron chi connectivity index (χ3n) is 2.76. The maximum absolute atomic E-state index is 11.6. The van der Waals surface area contributed by atoms with Crippen LogP contribution >= 0.6 is 0 Å². The van der Waals surface area contributed by atoms with Crippen LogP contribution in [0.3, 0.4) is 0 Å². The third-order valence-corrected chi connectivity index (χ3v) is 2.76. The first kappa shape index (κ1) is 13.2. The summed E-state index contributed by atoms with van der Waals surface area (Å²) >= 11 is 0. The molecule has 0 saturated heterocycles. The molecule has 0 aromatic carbocycles. The molecule has 0 aliphatic carbocycles. The summed E-state index contributed by atoms with van der Waals surface area (Å²) in [4.78, 5) is 15.6. The standard InChI is InChI=1S/C13H17N5O/c1-2-11(14)13(19)16-12-5-8-18(17-12)9-10-3-6-15-7-4-10/h3-8,11H,2,9,14H2,1H3,(H,16,17,19)/t11-/m0/s1. The van der Waals surface area contributed by atoms with E-state index in [1.54, 1.807) is 23.1 Å². The molecule has 2 aromatic rings. The van der Waals surface area contributed by atoms with Gasteiger partial charge in [0.2, 0.25) is 5.91 Å². The van der Waals surface area contributed by atoms with Gasteiger partial charge in [-0.15, -0.1) is 0 Å². The molecule has 3 N–H and O–H groups in total. The molecule has 1 atom stereocenters. The quantitative estimate of drug-likeness (QED) is 0.838. The first-order valence-corrected chi connectivity index (χ1v) is 6.18. The molecule has 2 aromatic heterocycles. The molecule has 0 radical (unpaired) electrons. The number of carbonyl (C=O) groups is 1. The summed E-state index contributed by atoms with van der Waals surface area (Å²) in [6.45, 7) is 2.50. The molecule has 0 fully saturated rings. The summed E-state index contributed by atoms with van der Waals surface area (Å²) in [5.74, 6) is 0.305. The molecule has 6 nitrogen and oxygen atoms in total. The van der Waals surface area contributed by atoms with Gasteiger partial charge >= 0.3 is 0 Å². The summed E-state index contributed by atoms with van der Waals surface area (Å²) in [5.41, 5.74) is 6.74. The van der Waals surface area contributed by atoms with Gasteiger partial charge in [-0.2, -0.15) is 5.10 Å². The number of anilines is 1. The summed E-state index contributed by atoms with van der Waals surface area (Å²) in [7, 11) is 0. The van der Waals surface area contributed by atoms with Crippen molar-refractivity contribution in [2.24, 2.45) is 5.73 Å². The van der Waals surface area contributed by atoms with Crippen molar-refractivity contribution < 1.29 is 4.79 Å². The molecule has 6 heteroatoms. The van der Waals surface area contributed by atoms with Gasteiger partial charge in [0.15, 0.2) is 5.82 Å². The molecule has 2 heterocycles. The fourth-order valence-corrected chi connectivity index (χ4v) is 1.60. The van der Waals surface area contributed by atoms with Crippen LogP contribution in [0.25, 0.3) is 0 Å². The Morgan fingerprint density at radius 3 is 2.84 bits per heavy atom. The van der Waals surface area contributed by atoms with E-state index in [0.29, 0.717) is 18.8 Å². The van der Waals surface area contributed by atoms with E-state index in [0.717, 1.165) is 5.56 Å². The maximum Gasteiger partial charge on any atom is 0.242 e. The number of carbonyl (C=O) groups excluding carboxylic acids is 1. The number of hydrogen-bond acceptors (Lipinski definition) is 4. The zero-order valence-electron chi connectivity index (χ0n) is 10.8. The molecule has 0 aliphatic heterocycles. The highest BCUT2D eigenvalue weighted by molar-refractivity contribution is 5.93. The largest absolute Gasteiger partial charge is 0.320 e. The topological polar surface area (TPSA) is 85.8 Å². The second kappa shape index (κ2) is 6.10. The van der Waals surface area contributed by atoms with Gasteiger partial charge in [0.1, 0.15) is 0 Å². The predicted molar refractivity (Wildman–Crippen MR) is 72.5 cm³/mol. The van der Waals surface area contributed by atoms with Crippen LogP contribution < -0.4 is 11.1 Å². The lowest BCUT2D eigenvalue weighted by Gasteiger charge is -2.07. The highest BCUT2D eigenvalue weighted by Crippen LogP contribution is 2.06. The van der Waals surface area contributed by atoms with Crippen LogP contribution in [-0.2, 0) is 11.3 Å². The van der Waals surface area contributed by atoms with E-state index < -0.39 is 6.04 Å². The van der Waals surface area contributed by atoms with Crippen LogP contribution in [0, 0.1) is 0 Å². The van der Waals surface area contributed by atoms with Crippen LogP contribution in [-0.4, -0.2) is 26.7 Å². The van der Waals surface area contributed by atoms with E-state index in [-0.39, 0.29) is 5.91 Å². The molecular weight excluding hydrogens is 242 g/mol. The van der Waals surface area contributed by atoms with Crippen LogP contribution in [0.4, 0.5) is 5.82 Å². The Bertz CT molecular complexity index is 537. The highest BCUT2D eigenvalue weighted by atomic mass is 16.2. The van der Waals surface area contributed by atoms with Crippen molar-refractivity contribution in [1.29, 1.82) is 0 Å². The maximum atomic E-state index is 11.6. The second-order valence-electron chi connectivity index (χ2n) is 4.26. The summed E-state index contributed by atoms with van der Waals surface area (Å²) in [6, 6.07) is 5.10. The van der Waals surface area contributed by atoms with Crippen molar-refractivity contribution in [3.63, 3.8) is 0 Å². The van der Waals surface area contributed by atoms with Gasteiger partial charge in [0.25, 0.3) is 0 Å². The Morgan fingerprint density at radius 2 is 2.16 bits per heavy atom. The molecule has 0 bridgehead atoms. The van der Waals surface area contributed by atoms with Crippen molar-refractivity contribution >= 4 is 11.7 Å². The van der Waals surface area contributed by atoms with Crippen LogP contribution in [0.2, 0.25) is 0 Å². The molecule has 100 valence electrons. The van der Waals surface area contributed by atoms with Gasteiger partial charge in [-0.1, -0.05) is 6.92 Å². The van der Waals surface area contributed by atoms with Gasteiger partial charge in [0.05, 0.1) is 12.6 Å². The number of rotatable bonds is 5. The predicted octanol–water partition coefficient (Wildman–Crippen LogP) is 1.00. The summed E-state index contributed by atoms with van der Waals surface area (Å²) in [6.07, 6.45) is 5.89. The molecule has 0 spiro atoms. The Balaban J connectivity index is 1.98. The monoisotopic (exact) mass is 259 g/mol. The fraction of sp³-hybridized carbons (Fsp3) is 0.308. The first-order valence-electron chi connectivity index (χ1n) is 6.18. The molecule has 0 saturated carbocycles. The van der Waals surface area contributed by atoms with Crippen LogP contribution in [0.5, 0.6) is 0 Å². The van der Waals surface area contributed by atoms with Crippen molar-refractivity contribution in [3.05, 3.63) is 42.4 Å². The minimum Gasteiger partial charge on any atom is -0.320 e. The summed E-state index contributed by atoms with van der Waals surface area (Å²) in [5, 5.41) is 6.96. The van der Waals surface area contributed by atoms with Gasteiger partial charge < -0.3 is 11.1 Å². The molecular formula is C13H17N5O. The van der Waals surface area contributed by atoms with Gasteiger partial charge in [-0.3, -0.25) is 14.5 Å². The number of amides is 1. The Labute approximate surface area is 111 Å². The normalized spacial score (nSPS) is 12.1. The zero-order chi connectivity index (χ0) is 13.7. The van der Waals surface area contributed by atoms with Gasteiger partial charge in [-0.05, 0) is 24.1 Å². The summed E-state index contributed by atoms with van der Waals surface area (Å²) < 4.78 is 1.75. The van der Waals surface area contributed by atoms with Crippen molar-refractivity contribution in [2.45, 2.75) is 25.9 Å². The van der Waals surface area contributed by atoms with Gasteiger partial charge in [0, 0.05) is 24.7 Å². The third kappa shape index (κ3) is 3.62. The number of nitrogens with zero attached hydrogens (tertiary/aromatic N) is 3. The Morgan fingerprint density at radius 1 is 1.42 bits per heavy atom. The van der Waals surface area contributed by atoms with E-state index in [1.807, 2.05) is 25.3 Å². The van der Waals surface area contributed by atoms with Crippen molar-refractivity contribution in [3.8, 4) is 0 Å². The van der Waals surface area contributed by atoms with Crippen LogP contribution in [0.15, 0.2) is 36.8 Å². The lowest BCUT2D eigenvalue weighted by atomic mass is 10.2. The van der Waals surface area contributed by atoms with E-state index >= 15 is 0 Å². The SMILES string of the molecule is CC[C@H](N)C(=O)Nc1ccn(Cc2ccncc2)n1. The van der Waals surface area contributed by atoms with Crippen LogP contribution in [0.1, 0.15) is 18.9 Å². The van der Waals surface area contributed by atoms with Gasteiger partial charge in [-0.25, -0.2) is 0 Å². The first-order chi connectivity index (χ1) is 9.19. The molecule has 0 aliphatic rings. The van der Waals surface area contributed by atoms with Crippen molar-refractivity contribution in [1.82, 2.24) is 14.8 Å². The molecule has 2 rings (SSSR count). The average Bonchev–Trinajstić information content (AvgIpc) is 2.86. The van der Waals surface area contributed by atoms with E-state index in [2.05, 4.69) is 15.4 Å². The minimum atomic E-state index is -0.495. The van der Waals surface area contributed by atoms with E-state index in [1.165, 1.54) is 0 Å². The number of nitrogens with two attached hydrogens (primary N) is 1. The highest BCUT2D eigenvalue weighted by Gasteiger charge is 2.12. The Hall–Kier alpha value is -2.21. The number of nitrogens with one attached hydrogen (secondary N) is 1. The number of aromatic nitrogens is 3. The number of pyridine rings is 1. The minimum absolute atomic E-state index is 0.211. The second-order valence-corrected chi connectivity index (χ2v) is 4.26. The molecule has 19 heavy (non-hydrogen) atoms. The zero-order valence-corrected chi connectivity index (χ0v) is 10.8. The molecule has 0 unspecified atom stereocenters. The lowest BCUT2D eigenvalue weighted by molar-refractivity contribution is -0.117. The number of hydrogen-bond donors (Lipinski definition) is 2. The smallest absolute Gasteiger partial charge is 0.242 e. The lowest BCUT2D eigenvalue weighted by Crippen LogP contribution is -2.34. The average molecular weight is 259 g/mol. The fourth-order valence-electron chi connectivity index (χ4n) is 1.60. The van der Waals surface area contributed by atoms with E-state index in [4.69, 9.17) is 5.73 Å². The van der Waals surface area contributed by atoms with E-state index in [9.17, 15) is 4.79 Å². The molecule has 1 amide bonds. The van der Waals surface area contributed by atoms with Crippen molar-refractivity contribution in [2.75, 3.05) is 5.32 Å². The Kier molecular flexibility index (Phi) is 4.25.